The molecule has 5 heteroatoms. The summed E-state index contributed by atoms with van der Waals surface area (Å²) >= 11 is 0. The van der Waals surface area contributed by atoms with Gasteiger partial charge in [0, 0.05) is 33.7 Å². The number of piperidine rings is 1. The third-order valence-electron chi connectivity index (χ3n) is 4.49. The molecule has 1 aromatic carbocycles. The van der Waals surface area contributed by atoms with Crippen LogP contribution in [0, 0.1) is 5.92 Å². The van der Waals surface area contributed by atoms with Crippen LogP contribution in [-0.2, 0) is 11.2 Å². The number of benzene rings is 1. The second-order valence-corrected chi connectivity index (χ2v) is 6.76. The summed E-state index contributed by atoms with van der Waals surface area (Å²) in [6, 6.07) is 10.4. The van der Waals surface area contributed by atoms with Gasteiger partial charge in [0.25, 0.3) is 0 Å². The van der Waals surface area contributed by atoms with Gasteiger partial charge in [0.1, 0.15) is 6.54 Å². The van der Waals surface area contributed by atoms with Crippen LogP contribution in [-0.4, -0.2) is 61.9 Å². The van der Waals surface area contributed by atoms with Crippen LogP contribution >= 0.6 is 0 Å². The van der Waals surface area contributed by atoms with Crippen molar-refractivity contribution in [3.05, 3.63) is 35.9 Å². The molecule has 0 spiro atoms. The third-order valence-corrected chi connectivity index (χ3v) is 4.49. The van der Waals surface area contributed by atoms with E-state index in [1.54, 1.807) is 19.0 Å². The zero-order chi connectivity index (χ0) is 17.4. The van der Waals surface area contributed by atoms with E-state index < -0.39 is 0 Å². The molecule has 1 N–H and O–H groups in total. The van der Waals surface area contributed by atoms with Gasteiger partial charge in [-0.05, 0) is 30.7 Å². The molecule has 2 rings (SSSR count). The smallest absolute Gasteiger partial charge is 0.243 e. The number of nitrogens with zero attached hydrogens (tertiary/aromatic N) is 3. The van der Waals surface area contributed by atoms with E-state index >= 15 is 0 Å². The minimum Gasteiger partial charge on any atom is -0.356 e. The molecule has 1 saturated heterocycles. The summed E-state index contributed by atoms with van der Waals surface area (Å²) in [7, 11) is 3.53. The summed E-state index contributed by atoms with van der Waals surface area (Å²) in [5, 5.41) is 3.45. The maximum Gasteiger partial charge on any atom is 0.243 e. The number of guanidine groups is 1. The molecular weight excluding hydrogens is 300 g/mol. The van der Waals surface area contributed by atoms with E-state index in [1.807, 2.05) is 6.07 Å². The van der Waals surface area contributed by atoms with E-state index in [2.05, 4.69) is 46.4 Å². The first-order chi connectivity index (χ1) is 11.6. The molecule has 1 amide bonds. The van der Waals surface area contributed by atoms with Crippen LogP contribution in [0.3, 0.4) is 0 Å². The minimum atomic E-state index is 0.0303. The predicted octanol–water partition coefficient (Wildman–Crippen LogP) is 1.99. The lowest BCUT2D eigenvalue weighted by Crippen LogP contribution is -2.46. The van der Waals surface area contributed by atoms with E-state index in [4.69, 9.17) is 0 Å². The standard InChI is InChI=1S/C19H30N4O/c1-16-10-13-23(14-11-16)19(21-15-18(24)22(2)3)20-12-9-17-7-5-4-6-8-17/h4-8,16H,9-15H2,1-3H3,(H,20,21). The molecule has 0 aromatic heterocycles. The molecule has 0 aliphatic carbocycles. The summed E-state index contributed by atoms with van der Waals surface area (Å²) in [6.45, 7) is 5.34. The number of rotatable bonds is 5. The largest absolute Gasteiger partial charge is 0.356 e. The Labute approximate surface area is 145 Å². The lowest BCUT2D eigenvalue weighted by molar-refractivity contribution is -0.127. The van der Waals surface area contributed by atoms with Crippen molar-refractivity contribution in [3.63, 3.8) is 0 Å². The summed E-state index contributed by atoms with van der Waals surface area (Å²) in [4.78, 5) is 20.3. The van der Waals surface area contributed by atoms with Gasteiger partial charge >= 0.3 is 0 Å². The SMILES string of the molecule is CC1CCN(C(=NCC(=O)N(C)C)NCCc2ccccc2)CC1. The number of likely N-dealkylation sites (tertiary alicyclic amines) is 1. The predicted molar refractivity (Wildman–Crippen MR) is 99.1 cm³/mol. The first kappa shape index (κ1) is 18.3. The van der Waals surface area contributed by atoms with Gasteiger partial charge in [-0.25, -0.2) is 4.99 Å². The van der Waals surface area contributed by atoms with Crippen molar-refractivity contribution < 1.29 is 4.79 Å². The van der Waals surface area contributed by atoms with Gasteiger partial charge in [-0.3, -0.25) is 4.79 Å². The first-order valence-electron chi connectivity index (χ1n) is 8.83. The Morgan fingerprint density at radius 3 is 2.54 bits per heavy atom. The summed E-state index contributed by atoms with van der Waals surface area (Å²) in [5.41, 5.74) is 1.31. The van der Waals surface area contributed by atoms with Gasteiger partial charge in [-0.1, -0.05) is 37.3 Å². The fourth-order valence-electron chi connectivity index (χ4n) is 2.74. The maximum atomic E-state index is 11.8. The molecule has 1 aliphatic rings. The molecule has 24 heavy (non-hydrogen) atoms. The highest BCUT2D eigenvalue weighted by molar-refractivity contribution is 5.84. The van der Waals surface area contributed by atoms with Crippen LogP contribution in [0.4, 0.5) is 0 Å². The molecule has 0 atom stereocenters. The van der Waals surface area contributed by atoms with Crippen molar-refractivity contribution in [2.45, 2.75) is 26.2 Å². The topological polar surface area (TPSA) is 47.9 Å². The van der Waals surface area contributed by atoms with Gasteiger partial charge < -0.3 is 15.1 Å². The number of aliphatic imine (C=N–C) groups is 1. The second-order valence-electron chi connectivity index (χ2n) is 6.76. The fraction of sp³-hybridized carbons (Fsp3) is 0.579. The Morgan fingerprint density at radius 2 is 1.92 bits per heavy atom. The molecule has 1 aromatic rings. The number of amides is 1. The van der Waals surface area contributed by atoms with E-state index in [-0.39, 0.29) is 12.5 Å². The van der Waals surface area contributed by atoms with Crippen LogP contribution < -0.4 is 5.32 Å². The highest BCUT2D eigenvalue weighted by Gasteiger charge is 2.19. The third kappa shape index (κ3) is 5.87. The van der Waals surface area contributed by atoms with E-state index in [0.29, 0.717) is 0 Å². The molecule has 5 nitrogen and oxygen atoms in total. The van der Waals surface area contributed by atoms with Crippen molar-refractivity contribution >= 4 is 11.9 Å². The van der Waals surface area contributed by atoms with Crippen LogP contribution in [0.25, 0.3) is 0 Å². The monoisotopic (exact) mass is 330 g/mol. The zero-order valence-corrected chi connectivity index (χ0v) is 15.2. The lowest BCUT2D eigenvalue weighted by Gasteiger charge is -2.33. The van der Waals surface area contributed by atoms with Gasteiger partial charge in [0.2, 0.25) is 5.91 Å². The lowest BCUT2D eigenvalue weighted by atomic mass is 9.99. The van der Waals surface area contributed by atoms with Crippen molar-refractivity contribution in [2.75, 3.05) is 40.3 Å². The van der Waals surface area contributed by atoms with Crippen molar-refractivity contribution in [1.29, 1.82) is 0 Å². The van der Waals surface area contributed by atoms with Gasteiger partial charge in [0.05, 0.1) is 0 Å². The molecule has 1 fully saturated rings. The average Bonchev–Trinajstić information content (AvgIpc) is 2.59. The number of likely N-dealkylation sites (N-methyl/N-ethyl adjacent to an activating group) is 1. The average molecular weight is 330 g/mol. The Kier molecular flexibility index (Phi) is 7.09. The van der Waals surface area contributed by atoms with Crippen LogP contribution in [0.15, 0.2) is 35.3 Å². The van der Waals surface area contributed by atoms with Gasteiger partial charge in [-0.15, -0.1) is 0 Å². The summed E-state index contributed by atoms with van der Waals surface area (Å²) in [5.74, 6) is 1.67. The number of hydrogen-bond acceptors (Lipinski definition) is 2. The van der Waals surface area contributed by atoms with Gasteiger partial charge in [-0.2, -0.15) is 0 Å². The van der Waals surface area contributed by atoms with Crippen molar-refractivity contribution in [1.82, 2.24) is 15.1 Å². The number of carbonyl (C=O) groups is 1. The molecular formula is C19H30N4O. The van der Waals surface area contributed by atoms with Crippen LogP contribution in [0.2, 0.25) is 0 Å². The molecule has 1 heterocycles. The normalized spacial score (nSPS) is 16.1. The molecule has 1 aliphatic heterocycles. The Hall–Kier alpha value is -2.04. The summed E-state index contributed by atoms with van der Waals surface area (Å²) < 4.78 is 0. The molecule has 132 valence electrons. The Morgan fingerprint density at radius 1 is 1.25 bits per heavy atom. The fourth-order valence-corrected chi connectivity index (χ4v) is 2.74. The molecule has 0 bridgehead atoms. The molecule has 0 unspecified atom stereocenters. The van der Waals surface area contributed by atoms with Crippen molar-refractivity contribution in [3.8, 4) is 0 Å². The highest BCUT2D eigenvalue weighted by Crippen LogP contribution is 2.16. The number of nitrogens with one attached hydrogen (secondary N) is 1. The Bertz CT molecular complexity index is 534. The minimum absolute atomic E-state index is 0.0303. The van der Waals surface area contributed by atoms with E-state index in [0.717, 1.165) is 37.9 Å². The highest BCUT2D eigenvalue weighted by atomic mass is 16.2. The zero-order valence-electron chi connectivity index (χ0n) is 15.2. The Balaban J connectivity index is 1.93. The van der Waals surface area contributed by atoms with Crippen LogP contribution in [0.1, 0.15) is 25.3 Å². The number of carbonyl (C=O) groups excluding carboxylic acids is 1. The van der Waals surface area contributed by atoms with Gasteiger partial charge in [0.15, 0.2) is 5.96 Å². The van der Waals surface area contributed by atoms with E-state index in [9.17, 15) is 4.79 Å². The summed E-state index contributed by atoms with van der Waals surface area (Å²) in [6.07, 6.45) is 3.31. The van der Waals surface area contributed by atoms with Crippen LogP contribution in [0.5, 0.6) is 0 Å². The second kappa shape index (κ2) is 9.30. The molecule has 0 saturated carbocycles. The first-order valence-corrected chi connectivity index (χ1v) is 8.83. The molecule has 0 radical (unpaired) electrons. The van der Waals surface area contributed by atoms with E-state index in [1.165, 1.54) is 18.4 Å². The number of hydrogen-bond donors (Lipinski definition) is 1. The maximum absolute atomic E-state index is 11.8. The quantitative estimate of drug-likeness (QED) is 0.663. The van der Waals surface area contributed by atoms with Crippen molar-refractivity contribution in [2.24, 2.45) is 10.9 Å².